The summed E-state index contributed by atoms with van der Waals surface area (Å²) in [6, 6.07) is 11.5. The first-order chi connectivity index (χ1) is 10.0. The number of ketones is 1. The van der Waals surface area contributed by atoms with Crippen LogP contribution in [-0.2, 0) is 0 Å². The summed E-state index contributed by atoms with van der Waals surface area (Å²) in [4.78, 5) is 13.3. The highest BCUT2D eigenvalue weighted by atomic mass is 79.9. The average Bonchev–Trinajstić information content (AvgIpc) is 2.50. The lowest BCUT2D eigenvalue weighted by Crippen LogP contribution is -1.93. The third-order valence-corrected chi connectivity index (χ3v) is 6.72. The molecule has 0 unspecified atom stereocenters. The molecule has 0 N–H and O–H groups in total. The van der Waals surface area contributed by atoms with Crippen LogP contribution < -0.4 is 0 Å². The van der Waals surface area contributed by atoms with Crippen molar-refractivity contribution in [1.29, 1.82) is 0 Å². The number of halogens is 3. The first-order valence-corrected chi connectivity index (χ1v) is 9.62. The van der Waals surface area contributed by atoms with E-state index in [-0.39, 0.29) is 5.78 Å². The molecule has 0 aliphatic rings. The van der Waals surface area contributed by atoms with Gasteiger partial charge in [0.05, 0.1) is 0 Å². The van der Waals surface area contributed by atoms with E-state index in [1.54, 1.807) is 17.8 Å². The van der Waals surface area contributed by atoms with Crippen molar-refractivity contribution in [3.63, 3.8) is 0 Å². The Morgan fingerprint density at radius 1 is 1.05 bits per heavy atom. The molecule has 0 saturated carbocycles. The van der Waals surface area contributed by atoms with Gasteiger partial charge in [-0.2, -0.15) is 0 Å². The molecule has 0 atom stereocenters. The fourth-order valence-corrected chi connectivity index (χ4v) is 3.55. The highest BCUT2D eigenvalue weighted by Crippen LogP contribution is 2.32. The quantitative estimate of drug-likeness (QED) is 0.208. The van der Waals surface area contributed by atoms with Crippen LogP contribution in [0.25, 0.3) is 6.08 Å². The molecule has 21 heavy (non-hydrogen) atoms. The van der Waals surface area contributed by atoms with Gasteiger partial charge in [-0.15, -0.1) is 11.8 Å². The van der Waals surface area contributed by atoms with E-state index in [9.17, 15) is 4.79 Å². The van der Waals surface area contributed by atoms with Gasteiger partial charge in [0.25, 0.3) is 0 Å². The number of hydrogen-bond acceptors (Lipinski definition) is 2. The van der Waals surface area contributed by atoms with Gasteiger partial charge >= 0.3 is 0 Å². The van der Waals surface area contributed by atoms with Crippen LogP contribution in [0.1, 0.15) is 15.9 Å². The Labute approximate surface area is 153 Å². The lowest BCUT2D eigenvalue weighted by Gasteiger charge is -2.02. The van der Waals surface area contributed by atoms with Gasteiger partial charge < -0.3 is 0 Å². The molecule has 0 radical (unpaired) electrons. The summed E-state index contributed by atoms with van der Waals surface area (Å²) in [6.07, 6.45) is 5.42. The van der Waals surface area contributed by atoms with Gasteiger partial charge in [0, 0.05) is 23.9 Å². The molecule has 0 amide bonds. The fourth-order valence-electron chi connectivity index (χ4n) is 1.69. The molecule has 0 aliphatic heterocycles. The van der Waals surface area contributed by atoms with Crippen LogP contribution in [0.3, 0.4) is 0 Å². The molecule has 108 valence electrons. The molecular formula is C16H11Br3OS. The lowest BCUT2D eigenvalue weighted by atomic mass is 10.1. The second-order valence-electron chi connectivity index (χ2n) is 4.22. The molecule has 2 aromatic carbocycles. The monoisotopic (exact) mass is 488 g/mol. The van der Waals surface area contributed by atoms with Crippen molar-refractivity contribution >= 4 is 71.4 Å². The van der Waals surface area contributed by atoms with E-state index in [2.05, 4.69) is 47.8 Å². The Morgan fingerprint density at radius 3 is 2.14 bits per heavy atom. The number of carbonyl (C=O) groups excluding carboxylic acids is 1. The molecule has 0 aliphatic carbocycles. The number of allylic oxidation sites excluding steroid dienone is 1. The van der Waals surface area contributed by atoms with Gasteiger partial charge in [0.1, 0.15) is 0 Å². The Bertz CT molecular complexity index is 670. The van der Waals surface area contributed by atoms with Gasteiger partial charge in [-0.3, -0.25) is 4.79 Å². The van der Waals surface area contributed by atoms with E-state index in [1.165, 1.54) is 0 Å². The second-order valence-corrected chi connectivity index (χ2v) is 7.61. The average molecular weight is 491 g/mol. The summed E-state index contributed by atoms with van der Waals surface area (Å²) in [7, 11) is 0. The zero-order valence-corrected chi connectivity index (χ0v) is 16.6. The minimum atomic E-state index is -0.00202. The predicted octanol–water partition coefficient (Wildman–Crippen LogP) is 6.59. The molecule has 0 fully saturated rings. The van der Waals surface area contributed by atoms with E-state index in [0.717, 1.165) is 23.9 Å². The summed E-state index contributed by atoms with van der Waals surface area (Å²) < 4.78 is 2.83. The van der Waals surface area contributed by atoms with Crippen LogP contribution in [0.2, 0.25) is 0 Å². The van der Waals surface area contributed by atoms with Crippen LogP contribution >= 0.6 is 59.6 Å². The number of hydrogen-bond donors (Lipinski definition) is 0. The van der Waals surface area contributed by atoms with Crippen molar-refractivity contribution < 1.29 is 4.79 Å². The highest BCUT2D eigenvalue weighted by Gasteiger charge is 2.05. The molecule has 2 rings (SSSR count). The second kappa shape index (κ2) is 7.77. The number of benzene rings is 2. The van der Waals surface area contributed by atoms with Gasteiger partial charge in [-0.05, 0) is 102 Å². The standard InChI is InChI=1S/C16H11Br3OS/c1-21-12-5-3-11(4-6-12)15(20)7-2-10-8-13(17)16(19)14(18)9-10/h2-9H,1H3. The van der Waals surface area contributed by atoms with Gasteiger partial charge in [-0.25, -0.2) is 0 Å². The van der Waals surface area contributed by atoms with Gasteiger partial charge in [0.15, 0.2) is 5.78 Å². The number of carbonyl (C=O) groups is 1. The smallest absolute Gasteiger partial charge is 0.185 e. The minimum absolute atomic E-state index is 0.00202. The Kier molecular flexibility index (Phi) is 6.29. The Morgan fingerprint density at radius 2 is 1.62 bits per heavy atom. The SMILES string of the molecule is CSc1ccc(C(=O)C=Cc2cc(Br)c(Br)c(Br)c2)cc1. The zero-order valence-electron chi connectivity index (χ0n) is 11.1. The molecule has 0 heterocycles. The predicted molar refractivity (Wildman–Crippen MR) is 101 cm³/mol. The molecule has 1 nitrogen and oxygen atoms in total. The van der Waals surface area contributed by atoms with Gasteiger partial charge in [0.2, 0.25) is 0 Å². The molecule has 2 aromatic rings. The topological polar surface area (TPSA) is 17.1 Å². The van der Waals surface area contributed by atoms with Crippen molar-refractivity contribution in [2.24, 2.45) is 0 Å². The Hall–Kier alpha value is -0.360. The van der Waals surface area contributed by atoms with Crippen LogP contribution in [0, 0.1) is 0 Å². The summed E-state index contributed by atoms with van der Waals surface area (Å²) in [5, 5.41) is 0. The summed E-state index contributed by atoms with van der Waals surface area (Å²) >= 11 is 12.0. The van der Waals surface area contributed by atoms with E-state index >= 15 is 0 Å². The van der Waals surface area contributed by atoms with E-state index < -0.39 is 0 Å². The molecular weight excluding hydrogens is 480 g/mol. The van der Waals surface area contributed by atoms with Crippen molar-refractivity contribution in [2.45, 2.75) is 4.90 Å². The summed E-state index contributed by atoms with van der Waals surface area (Å²) in [5.41, 5.74) is 1.64. The largest absolute Gasteiger partial charge is 0.289 e. The zero-order chi connectivity index (χ0) is 15.4. The third kappa shape index (κ3) is 4.55. The van der Waals surface area contributed by atoms with Crippen molar-refractivity contribution in [3.8, 4) is 0 Å². The lowest BCUT2D eigenvalue weighted by molar-refractivity contribution is 0.104. The van der Waals surface area contributed by atoms with E-state index in [4.69, 9.17) is 0 Å². The third-order valence-electron chi connectivity index (χ3n) is 2.81. The van der Waals surface area contributed by atoms with E-state index in [1.807, 2.05) is 48.7 Å². The first kappa shape index (κ1) is 17.0. The highest BCUT2D eigenvalue weighted by molar-refractivity contribution is 9.14. The van der Waals surface area contributed by atoms with Crippen LogP contribution in [-0.4, -0.2) is 12.0 Å². The van der Waals surface area contributed by atoms with Gasteiger partial charge in [-0.1, -0.05) is 6.08 Å². The van der Waals surface area contributed by atoms with Crippen molar-refractivity contribution in [3.05, 3.63) is 67.0 Å². The summed E-state index contributed by atoms with van der Waals surface area (Å²) in [5.74, 6) is -0.00202. The van der Waals surface area contributed by atoms with Crippen LogP contribution in [0.5, 0.6) is 0 Å². The Balaban J connectivity index is 2.18. The van der Waals surface area contributed by atoms with Crippen LogP contribution in [0.4, 0.5) is 0 Å². The number of thioether (sulfide) groups is 1. The van der Waals surface area contributed by atoms with Crippen molar-refractivity contribution in [1.82, 2.24) is 0 Å². The van der Waals surface area contributed by atoms with E-state index in [0.29, 0.717) is 5.56 Å². The van der Waals surface area contributed by atoms with Crippen LogP contribution in [0.15, 0.2) is 60.8 Å². The summed E-state index contributed by atoms with van der Waals surface area (Å²) in [6.45, 7) is 0. The maximum atomic E-state index is 12.1. The minimum Gasteiger partial charge on any atom is -0.289 e. The maximum absolute atomic E-state index is 12.1. The first-order valence-electron chi connectivity index (χ1n) is 6.02. The molecule has 0 bridgehead atoms. The maximum Gasteiger partial charge on any atom is 0.185 e. The van der Waals surface area contributed by atoms with Crippen molar-refractivity contribution in [2.75, 3.05) is 6.26 Å². The normalized spacial score (nSPS) is 11.0. The molecule has 0 aromatic heterocycles. The molecule has 0 saturated heterocycles. The molecule has 0 spiro atoms. The molecule has 5 heteroatoms. The fraction of sp³-hybridized carbons (Fsp3) is 0.0625. The number of rotatable bonds is 4.